The number of nitrogens with zero attached hydrogens (tertiary/aromatic N) is 3. The van der Waals surface area contributed by atoms with Gasteiger partial charge in [-0.3, -0.25) is 0 Å². The average Bonchev–Trinajstić information content (AvgIpc) is 2.13. The summed E-state index contributed by atoms with van der Waals surface area (Å²) >= 11 is 5.73. The lowest BCUT2D eigenvalue weighted by atomic mass is 10.4. The molecule has 0 fully saturated rings. The molecule has 0 amide bonds. The van der Waals surface area contributed by atoms with E-state index < -0.39 is 0 Å². The summed E-state index contributed by atoms with van der Waals surface area (Å²) in [4.78, 5) is 0. The van der Waals surface area contributed by atoms with Gasteiger partial charge in [0.25, 0.3) is 0 Å². The molecule has 0 unspecified atom stereocenters. The molecule has 1 rings (SSSR count). The average molecular weight is 146 g/mol. The maximum Gasteiger partial charge on any atom is 0.150 e. The van der Waals surface area contributed by atoms with E-state index in [1.165, 1.54) is 0 Å². The standard InChI is InChI=1S/C5H8ClN3/c1-4(6)5-8-7-3-9(5)2/h3-4H,1-2H3/t4-/m0/s1. The molecular weight excluding hydrogens is 138 g/mol. The fourth-order valence-corrected chi connectivity index (χ4v) is 0.850. The van der Waals surface area contributed by atoms with Gasteiger partial charge in [-0.25, -0.2) is 0 Å². The van der Waals surface area contributed by atoms with E-state index in [-0.39, 0.29) is 5.38 Å². The van der Waals surface area contributed by atoms with Gasteiger partial charge in [0.1, 0.15) is 12.2 Å². The second kappa shape index (κ2) is 2.35. The quantitative estimate of drug-likeness (QED) is 0.555. The molecule has 0 saturated heterocycles. The van der Waals surface area contributed by atoms with Crippen LogP contribution in [0.3, 0.4) is 0 Å². The van der Waals surface area contributed by atoms with E-state index in [2.05, 4.69) is 10.2 Å². The number of rotatable bonds is 1. The van der Waals surface area contributed by atoms with Crippen LogP contribution in [0, 0.1) is 0 Å². The number of alkyl halides is 1. The second-order valence-corrected chi connectivity index (χ2v) is 2.57. The molecule has 9 heavy (non-hydrogen) atoms. The Morgan fingerprint density at radius 2 is 2.44 bits per heavy atom. The van der Waals surface area contributed by atoms with Crippen molar-refractivity contribution in [1.82, 2.24) is 14.8 Å². The third-order valence-corrected chi connectivity index (χ3v) is 1.30. The van der Waals surface area contributed by atoms with Gasteiger partial charge in [0.15, 0.2) is 0 Å². The first kappa shape index (κ1) is 6.55. The molecule has 50 valence electrons. The van der Waals surface area contributed by atoms with Crippen molar-refractivity contribution in [2.75, 3.05) is 0 Å². The van der Waals surface area contributed by atoms with Crippen molar-refractivity contribution in [3.63, 3.8) is 0 Å². The van der Waals surface area contributed by atoms with Crippen LogP contribution >= 0.6 is 11.6 Å². The van der Waals surface area contributed by atoms with Gasteiger partial charge in [0.05, 0.1) is 5.38 Å². The van der Waals surface area contributed by atoms with Crippen molar-refractivity contribution in [3.8, 4) is 0 Å². The van der Waals surface area contributed by atoms with Crippen molar-refractivity contribution >= 4 is 11.6 Å². The first-order valence-electron chi connectivity index (χ1n) is 2.70. The number of halogens is 1. The maximum atomic E-state index is 5.73. The van der Waals surface area contributed by atoms with Crippen LogP contribution in [0.4, 0.5) is 0 Å². The summed E-state index contributed by atoms with van der Waals surface area (Å²) in [6.45, 7) is 1.87. The highest BCUT2D eigenvalue weighted by Gasteiger charge is 2.05. The van der Waals surface area contributed by atoms with Crippen molar-refractivity contribution in [1.29, 1.82) is 0 Å². The van der Waals surface area contributed by atoms with Gasteiger partial charge in [0, 0.05) is 7.05 Å². The summed E-state index contributed by atoms with van der Waals surface area (Å²) in [5, 5.41) is 7.41. The summed E-state index contributed by atoms with van der Waals surface area (Å²) in [7, 11) is 1.87. The monoisotopic (exact) mass is 145 g/mol. The SMILES string of the molecule is C[C@H](Cl)c1nncn1C. The lowest BCUT2D eigenvalue weighted by molar-refractivity contribution is 0.791. The summed E-state index contributed by atoms with van der Waals surface area (Å²) in [6.07, 6.45) is 1.63. The third kappa shape index (κ3) is 1.21. The molecule has 0 bridgehead atoms. The van der Waals surface area contributed by atoms with Crippen molar-refractivity contribution < 1.29 is 0 Å². The van der Waals surface area contributed by atoms with E-state index in [0.29, 0.717) is 0 Å². The van der Waals surface area contributed by atoms with Gasteiger partial charge in [-0.1, -0.05) is 0 Å². The predicted octanol–water partition coefficient (Wildman–Crippen LogP) is 1.11. The molecule has 1 atom stereocenters. The van der Waals surface area contributed by atoms with Crippen LogP contribution in [0.2, 0.25) is 0 Å². The normalized spacial score (nSPS) is 13.7. The lowest BCUT2D eigenvalue weighted by Crippen LogP contribution is -1.96. The Hall–Kier alpha value is -0.570. The molecule has 1 aromatic rings. The van der Waals surface area contributed by atoms with Gasteiger partial charge in [-0.05, 0) is 6.92 Å². The number of hydrogen-bond donors (Lipinski definition) is 0. The summed E-state index contributed by atoms with van der Waals surface area (Å²) in [5.41, 5.74) is 0. The molecular formula is C5H8ClN3. The molecule has 0 saturated carbocycles. The van der Waals surface area contributed by atoms with Gasteiger partial charge in [0.2, 0.25) is 0 Å². The van der Waals surface area contributed by atoms with E-state index in [9.17, 15) is 0 Å². The van der Waals surface area contributed by atoms with Crippen LogP contribution in [0.15, 0.2) is 6.33 Å². The van der Waals surface area contributed by atoms with E-state index in [4.69, 9.17) is 11.6 Å². The zero-order chi connectivity index (χ0) is 6.85. The summed E-state index contributed by atoms with van der Waals surface area (Å²) in [6, 6.07) is 0. The highest BCUT2D eigenvalue weighted by Crippen LogP contribution is 2.14. The molecule has 1 aromatic heterocycles. The zero-order valence-electron chi connectivity index (χ0n) is 5.37. The van der Waals surface area contributed by atoms with Gasteiger partial charge in [-0.15, -0.1) is 21.8 Å². The minimum absolute atomic E-state index is 0.0579. The predicted molar refractivity (Wildman–Crippen MR) is 35.3 cm³/mol. The van der Waals surface area contributed by atoms with Gasteiger partial charge >= 0.3 is 0 Å². The molecule has 0 aliphatic heterocycles. The Morgan fingerprint density at radius 1 is 1.78 bits per heavy atom. The van der Waals surface area contributed by atoms with Crippen LogP contribution in [0.25, 0.3) is 0 Å². The van der Waals surface area contributed by atoms with Gasteiger partial charge in [-0.2, -0.15) is 0 Å². The highest BCUT2D eigenvalue weighted by molar-refractivity contribution is 6.20. The van der Waals surface area contributed by atoms with E-state index in [0.717, 1.165) is 5.82 Å². The Morgan fingerprint density at radius 3 is 2.67 bits per heavy atom. The molecule has 0 aromatic carbocycles. The minimum atomic E-state index is -0.0579. The van der Waals surface area contributed by atoms with Gasteiger partial charge < -0.3 is 4.57 Å². The summed E-state index contributed by atoms with van der Waals surface area (Å²) < 4.78 is 1.80. The van der Waals surface area contributed by atoms with Crippen LogP contribution in [-0.2, 0) is 7.05 Å². The summed E-state index contributed by atoms with van der Waals surface area (Å²) in [5.74, 6) is 0.802. The first-order chi connectivity index (χ1) is 4.22. The van der Waals surface area contributed by atoms with E-state index in [1.54, 1.807) is 10.9 Å². The molecule has 0 N–H and O–H groups in total. The number of aromatic nitrogens is 3. The fourth-order valence-electron chi connectivity index (χ4n) is 0.652. The minimum Gasteiger partial charge on any atom is -0.319 e. The Balaban J connectivity index is 2.94. The van der Waals surface area contributed by atoms with Crippen molar-refractivity contribution in [2.45, 2.75) is 12.3 Å². The fraction of sp³-hybridized carbons (Fsp3) is 0.600. The van der Waals surface area contributed by atoms with Crippen LogP contribution in [-0.4, -0.2) is 14.8 Å². The molecule has 0 aliphatic rings. The van der Waals surface area contributed by atoms with E-state index >= 15 is 0 Å². The Kier molecular flexibility index (Phi) is 1.71. The zero-order valence-corrected chi connectivity index (χ0v) is 6.13. The van der Waals surface area contributed by atoms with Crippen LogP contribution in [0.5, 0.6) is 0 Å². The lowest BCUT2D eigenvalue weighted by Gasteiger charge is -1.98. The molecule has 3 nitrogen and oxygen atoms in total. The topological polar surface area (TPSA) is 30.7 Å². The largest absolute Gasteiger partial charge is 0.319 e. The number of aryl methyl sites for hydroxylation is 1. The van der Waals surface area contributed by atoms with Crippen LogP contribution < -0.4 is 0 Å². The second-order valence-electron chi connectivity index (χ2n) is 1.92. The first-order valence-corrected chi connectivity index (χ1v) is 3.13. The van der Waals surface area contributed by atoms with Crippen molar-refractivity contribution in [2.24, 2.45) is 7.05 Å². The van der Waals surface area contributed by atoms with E-state index in [1.807, 2.05) is 14.0 Å². The Bertz CT molecular complexity index is 194. The smallest absolute Gasteiger partial charge is 0.150 e. The number of hydrogen-bond acceptors (Lipinski definition) is 2. The third-order valence-electron chi connectivity index (χ3n) is 1.10. The molecule has 0 spiro atoms. The Labute approximate surface area is 58.7 Å². The van der Waals surface area contributed by atoms with Crippen LogP contribution in [0.1, 0.15) is 18.1 Å². The van der Waals surface area contributed by atoms with Crippen molar-refractivity contribution in [3.05, 3.63) is 12.2 Å². The molecule has 0 radical (unpaired) electrons. The highest BCUT2D eigenvalue weighted by atomic mass is 35.5. The maximum absolute atomic E-state index is 5.73. The molecule has 4 heteroatoms. The molecule has 1 heterocycles. The molecule has 0 aliphatic carbocycles.